The van der Waals surface area contributed by atoms with Crippen molar-refractivity contribution in [1.82, 2.24) is 4.90 Å². The van der Waals surface area contributed by atoms with Crippen molar-refractivity contribution >= 4 is 11.6 Å². The first-order chi connectivity index (χ1) is 10.1. The first-order valence-electron chi connectivity index (χ1n) is 7.64. The van der Waals surface area contributed by atoms with Crippen molar-refractivity contribution in [3.63, 3.8) is 0 Å². The minimum absolute atomic E-state index is 0.0610. The number of hydrogen-bond acceptors (Lipinski definition) is 3. The molecular weight excluding hydrogens is 268 g/mol. The van der Waals surface area contributed by atoms with Crippen LogP contribution in [-0.4, -0.2) is 28.3 Å². The normalized spacial score (nSPS) is 15.7. The summed E-state index contributed by atoms with van der Waals surface area (Å²) >= 11 is 0. The van der Waals surface area contributed by atoms with Gasteiger partial charge < -0.3 is 4.90 Å². The van der Waals surface area contributed by atoms with Gasteiger partial charge in [-0.05, 0) is 25.3 Å². The molecule has 0 radical (unpaired) electrons. The summed E-state index contributed by atoms with van der Waals surface area (Å²) in [5.41, 5.74) is 0.894. The number of benzene rings is 1. The van der Waals surface area contributed by atoms with Crippen LogP contribution in [0.4, 0.5) is 5.69 Å². The second-order valence-electron chi connectivity index (χ2n) is 5.57. The van der Waals surface area contributed by atoms with Gasteiger partial charge in [-0.15, -0.1) is 0 Å². The van der Waals surface area contributed by atoms with Crippen LogP contribution in [0.3, 0.4) is 0 Å². The molecule has 1 amide bonds. The quantitative estimate of drug-likeness (QED) is 0.617. The Hall–Kier alpha value is -1.91. The molecule has 1 aliphatic carbocycles. The van der Waals surface area contributed by atoms with E-state index in [-0.39, 0.29) is 11.6 Å². The summed E-state index contributed by atoms with van der Waals surface area (Å²) in [5.74, 6) is 0.123. The van der Waals surface area contributed by atoms with Gasteiger partial charge >= 0.3 is 0 Å². The van der Waals surface area contributed by atoms with Gasteiger partial charge in [-0.2, -0.15) is 0 Å². The number of rotatable bonds is 5. The van der Waals surface area contributed by atoms with Gasteiger partial charge in [0.05, 0.1) is 11.3 Å². The first-order valence-corrected chi connectivity index (χ1v) is 7.64. The summed E-state index contributed by atoms with van der Waals surface area (Å²) in [6.07, 6.45) is 6.19. The van der Waals surface area contributed by atoms with Gasteiger partial charge in [-0.25, -0.2) is 0 Å². The number of nitro groups is 1. The Morgan fingerprint density at radius 3 is 2.38 bits per heavy atom. The predicted octanol–water partition coefficient (Wildman–Crippen LogP) is 3.32. The largest absolute Gasteiger partial charge is 0.340 e. The third-order valence-electron chi connectivity index (χ3n) is 4.18. The maximum Gasteiger partial charge on any atom is 0.269 e. The van der Waals surface area contributed by atoms with E-state index in [0.717, 1.165) is 24.9 Å². The zero-order valence-electron chi connectivity index (χ0n) is 12.5. The van der Waals surface area contributed by atoms with Crippen molar-refractivity contribution in [2.24, 2.45) is 0 Å². The zero-order chi connectivity index (χ0) is 15.2. The number of likely N-dealkylation sites (N-methyl/N-ethyl adjacent to an activating group) is 1. The van der Waals surface area contributed by atoms with Crippen LogP contribution in [0.5, 0.6) is 0 Å². The van der Waals surface area contributed by atoms with E-state index in [2.05, 4.69) is 0 Å². The summed E-state index contributed by atoms with van der Waals surface area (Å²) in [6.45, 7) is 2.75. The van der Waals surface area contributed by atoms with E-state index < -0.39 is 4.92 Å². The Morgan fingerprint density at radius 2 is 1.86 bits per heavy atom. The van der Waals surface area contributed by atoms with Crippen molar-refractivity contribution < 1.29 is 9.72 Å². The highest BCUT2D eigenvalue weighted by atomic mass is 16.6. The van der Waals surface area contributed by atoms with E-state index in [1.165, 1.54) is 31.4 Å². The molecule has 0 spiro atoms. The lowest BCUT2D eigenvalue weighted by Gasteiger charge is -2.33. The van der Waals surface area contributed by atoms with E-state index in [9.17, 15) is 14.9 Å². The molecule has 1 aromatic rings. The number of amides is 1. The summed E-state index contributed by atoms with van der Waals surface area (Å²) in [6, 6.07) is 6.63. The van der Waals surface area contributed by atoms with E-state index in [1.54, 1.807) is 12.1 Å². The average molecular weight is 290 g/mol. The Balaban J connectivity index is 1.99. The molecule has 0 aromatic heterocycles. The maximum atomic E-state index is 12.5. The Labute approximate surface area is 125 Å². The third kappa shape index (κ3) is 4.03. The number of carbonyl (C=O) groups excluding carboxylic acids is 1. The molecule has 114 valence electrons. The molecule has 1 saturated carbocycles. The minimum atomic E-state index is -0.425. The highest BCUT2D eigenvalue weighted by Crippen LogP contribution is 2.23. The molecule has 5 nitrogen and oxygen atoms in total. The van der Waals surface area contributed by atoms with E-state index >= 15 is 0 Å². The summed E-state index contributed by atoms with van der Waals surface area (Å²) in [4.78, 5) is 24.6. The maximum absolute atomic E-state index is 12.5. The molecule has 2 rings (SSSR count). The summed E-state index contributed by atoms with van der Waals surface area (Å²) in [7, 11) is 0. The molecule has 0 saturated heterocycles. The van der Waals surface area contributed by atoms with Crippen LogP contribution in [0.2, 0.25) is 0 Å². The van der Waals surface area contributed by atoms with Gasteiger partial charge in [0.15, 0.2) is 0 Å². The van der Waals surface area contributed by atoms with Gasteiger partial charge in [-0.3, -0.25) is 14.9 Å². The second-order valence-corrected chi connectivity index (χ2v) is 5.57. The van der Waals surface area contributed by atoms with Gasteiger partial charge in [-0.1, -0.05) is 31.4 Å². The van der Waals surface area contributed by atoms with Gasteiger partial charge in [0.1, 0.15) is 0 Å². The average Bonchev–Trinajstić information content (AvgIpc) is 2.49. The highest BCUT2D eigenvalue weighted by Gasteiger charge is 2.24. The van der Waals surface area contributed by atoms with Gasteiger partial charge in [0, 0.05) is 24.7 Å². The lowest BCUT2D eigenvalue weighted by atomic mass is 9.93. The van der Waals surface area contributed by atoms with Crippen molar-refractivity contribution in [1.29, 1.82) is 0 Å². The van der Waals surface area contributed by atoms with Crippen LogP contribution in [0.25, 0.3) is 0 Å². The molecule has 0 N–H and O–H groups in total. The molecule has 1 fully saturated rings. The first kappa shape index (κ1) is 15.5. The van der Waals surface area contributed by atoms with Crippen LogP contribution in [-0.2, 0) is 11.2 Å². The van der Waals surface area contributed by atoms with E-state index in [4.69, 9.17) is 0 Å². The third-order valence-corrected chi connectivity index (χ3v) is 4.18. The molecule has 0 heterocycles. The fourth-order valence-corrected chi connectivity index (χ4v) is 3.04. The molecule has 0 unspecified atom stereocenters. The monoisotopic (exact) mass is 290 g/mol. The summed E-state index contributed by atoms with van der Waals surface area (Å²) < 4.78 is 0. The van der Waals surface area contributed by atoms with Crippen LogP contribution < -0.4 is 0 Å². The molecule has 5 heteroatoms. The fraction of sp³-hybridized carbons (Fsp3) is 0.562. The molecular formula is C16H22N2O3. The number of nitrogens with zero attached hydrogens (tertiary/aromatic N) is 2. The topological polar surface area (TPSA) is 63.5 Å². The minimum Gasteiger partial charge on any atom is -0.340 e. The van der Waals surface area contributed by atoms with E-state index in [0.29, 0.717) is 12.5 Å². The van der Waals surface area contributed by atoms with Crippen LogP contribution in [0.1, 0.15) is 44.6 Å². The number of carbonyl (C=O) groups is 1. The lowest BCUT2D eigenvalue weighted by molar-refractivity contribution is -0.384. The van der Waals surface area contributed by atoms with Crippen molar-refractivity contribution in [3.05, 3.63) is 39.9 Å². The van der Waals surface area contributed by atoms with Crippen LogP contribution in [0.15, 0.2) is 24.3 Å². The second kappa shape index (κ2) is 7.20. The zero-order valence-corrected chi connectivity index (χ0v) is 12.5. The summed E-state index contributed by atoms with van der Waals surface area (Å²) in [5, 5.41) is 10.6. The molecule has 0 bridgehead atoms. The number of nitro benzene ring substituents is 1. The molecule has 1 aliphatic rings. The molecule has 1 aromatic carbocycles. The van der Waals surface area contributed by atoms with E-state index in [1.807, 2.05) is 11.8 Å². The smallest absolute Gasteiger partial charge is 0.269 e. The highest BCUT2D eigenvalue weighted by molar-refractivity contribution is 5.79. The van der Waals surface area contributed by atoms with Crippen LogP contribution >= 0.6 is 0 Å². The number of hydrogen-bond donors (Lipinski definition) is 0. The Morgan fingerprint density at radius 1 is 1.24 bits per heavy atom. The Kier molecular flexibility index (Phi) is 5.31. The van der Waals surface area contributed by atoms with Crippen molar-refractivity contribution in [2.45, 2.75) is 51.5 Å². The predicted molar refractivity (Wildman–Crippen MR) is 81.1 cm³/mol. The van der Waals surface area contributed by atoms with Gasteiger partial charge in [0.2, 0.25) is 5.91 Å². The standard InChI is InChI=1S/C16H22N2O3/c1-2-17(14-6-4-3-5-7-14)16(19)12-13-8-10-15(11-9-13)18(20)21/h8-11,14H,2-7,12H2,1H3. The molecule has 0 aliphatic heterocycles. The van der Waals surface area contributed by atoms with Crippen molar-refractivity contribution in [2.75, 3.05) is 6.54 Å². The molecule has 21 heavy (non-hydrogen) atoms. The molecule has 0 atom stereocenters. The number of non-ortho nitro benzene ring substituents is 1. The van der Waals surface area contributed by atoms with Gasteiger partial charge in [0.25, 0.3) is 5.69 Å². The Bertz CT molecular complexity index is 493. The van der Waals surface area contributed by atoms with Crippen LogP contribution in [0, 0.1) is 10.1 Å². The SMILES string of the molecule is CCN(C(=O)Cc1ccc([N+](=O)[O-])cc1)C1CCCCC1. The lowest BCUT2D eigenvalue weighted by Crippen LogP contribution is -2.42. The fourth-order valence-electron chi connectivity index (χ4n) is 3.04. The van der Waals surface area contributed by atoms with Crippen molar-refractivity contribution in [3.8, 4) is 0 Å².